The summed E-state index contributed by atoms with van der Waals surface area (Å²) in [7, 11) is 1.23. The number of rotatable bonds is 6. The van der Waals surface area contributed by atoms with E-state index in [1.807, 2.05) is 30.3 Å². The van der Waals surface area contributed by atoms with Gasteiger partial charge >= 0.3 is 12.0 Å². The second-order valence-corrected chi connectivity index (χ2v) is 6.07. The van der Waals surface area contributed by atoms with Gasteiger partial charge in [0, 0.05) is 11.8 Å². The molecule has 0 spiro atoms. The molecule has 1 heterocycles. The van der Waals surface area contributed by atoms with Gasteiger partial charge in [0.05, 0.1) is 12.8 Å². The van der Waals surface area contributed by atoms with Crippen molar-refractivity contribution in [1.29, 1.82) is 0 Å². The van der Waals surface area contributed by atoms with Crippen LogP contribution in [0.4, 0.5) is 10.5 Å². The maximum absolute atomic E-state index is 12.7. The highest BCUT2D eigenvalue weighted by Crippen LogP contribution is 2.29. The number of carbonyl (C=O) groups is 4. The molecule has 140 valence electrons. The Labute approximate surface area is 155 Å². The number of hydrogen-bond donors (Lipinski definition) is 2. The van der Waals surface area contributed by atoms with E-state index in [9.17, 15) is 19.2 Å². The Kier molecular flexibility index (Phi) is 5.35. The summed E-state index contributed by atoms with van der Waals surface area (Å²) in [6.07, 6.45) is 0.135. The summed E-state index contributed by atoms with van der Waals surface area (Å²) in [5.74, 6) is -1.36. The molecule has 8 nitrogen and oxygen atoms in total. The molecule has 1 aliphatic rings. The first kappa shape index (κ1) is 18.4. The zero-order valence-corrected chi connectivity index (χ0v) is 14.7. The lowest BCUT2D eigenvalue weighted by molar-refractivity contribution is -0.141. The SMILES string of the molecule is COC(=O)CNC(=O)CC[C@H]1NC(=O)N(c2cccc3ccccc23)C1=O. The second-order valence-electron chi connectivity index (χ2n) is 6.07. The molecule has 2 aromatic rings. The molecule has 1 atom stereocenters. The molecule has 8 heteroatoms. The molecule has 0 aliphatic carbocycles. The van der Waals surface area contributed by atoms with Crippen molar-refractivity contribution in [2.45, 2.75) is 18.9 Å². The van der Waals surface area contributed by atoms with Crippen LogP contribution in [0, 0.1) is 0 Å². The summed E-state index contributed by atoms with van der Waals surface area (Å²) in [5.41, 5.74) is 0.508. The van der Waals surface area contributed by atoms with Crippen LogP contribution in [0.3, 0.4) is 0 Å². The maximum atomic E-state index is 12.7. The smallest absolute Gasteiger partial charge is 0.329 e. The number of esters is 1. The van der Waals surface area contributed by atoms with Gasteiger partial charge in [0.2, 0.25) is 5.91 Å². The minimum atomic E-state index is -0.791. The lowest BCUT2D eigenvalue weighted by atomic mass is 10.1. The van der Waals surface area contributed by atoms with Crippen LogP contribution in [-0.4, -0.2) is 43.5 Å². The van der Waals surface area contributed by atoms with Gasteiger partial charge in [-0.3, -0.25) is 14.4 Å². The number of hydrogen-bond acceptors (Lipinski definition) is 5. The van der Waals surface area contributed by atoms with Crippen molar-refractivity contribution in [3.05, 3.63) is 42.5 Å². The summed E-state index contributed by atoms with van der Waals surface area (Å²) >= 11 is 0. The van der Waals surface area contributed by atoms with E-state index >= 15 is 0 Å². The average Bonchev–Trinajstić information content (AvgIpc) is 2.97. The fourth-order valence-electron chi connectivity index (χ4n) is 2.97. The predicted molar refractivity (Wildman–Crippen MR) is 98.0 cm³/mol. The largest absolute Gasteiger partial charge is 0.468 e. The standard InChI is InChI=1S/C19H19N3O5/c1-27-17(24)11-20-16(23)10-9-14-18(25)22(19(26)21-14)15-8-4-6-12-5-2-3-7-13(12)15/h2-8,14H,9-11H2,1H3,(H,20,23)(H,21,26)/t14-/m1/s1. The number of nitrogens with zero attached hydrogens (tertiary/aromatic N) is 1. The van der Waals surface area contributed by atoms with Gasteiger partial charge in [-0.05, 0) is 17.9 Å². The van der Waals surface area contributed by atoms with Crippen LogP contribution in [-0.2, 0) is 19.1 Å². The van der Waals surface area contributed by atoms with E-state index < -0.39 is 29.9 Å². The second kappa shape index (κ2) is 7.86. The van der Waals surface area contributed by atoms with Crippen molar-refractivity contribution in [2.24, 2.45) is 0 Å². The summed E-state index contributed by atoms with van der Waals surface area (Å²) in [4.78, 5) is 49.0. The lowest BCUT2D eigenvalue weighted by Gasteiger charge is -2.15. The first-order valence-corrected chi connectivity index (χ1v) is 8.47. The highest BCUT2D eigenvalue weighted by Gasteiger charge is 2.39. The molecule has 4 amide bonds. The normalized spacial score (nSPS) is 16.3. The molecule has 1 aliphatic heterocycles. The van der Waals surface area contributed by atoms with E-state index in [1.54, 1.807) is 12.1 Å². The number of nitrogens with one attached hydrogen (secondary N) is 2. The predicted octanol–water partition coefficient (Wildman–Crippen LogP) is 1.33. The molecule has 1 fully saturated rings. The summed E-state index contributed by atoms with van der Waals surface area (Å²) in [5, 5.41) is 6.72. The Balaban J connectivity index is 1.68. The summed E-state index contributed by atoms with van der Waals surface area (Å²) in [6.45, 7) is -0.234. The van der Waals surface area contributed by atoms with Crippen LogP contribution < -0.4 is 15.5 Å². The first-order chi connectivity index (χ1) is 13.0. The van der Waals surface area contributed by atoms with Crippen molar-refractivity contribution < 1.29 is 23.9 Å². The van der Waals surface area contributed by atoms with Crippen LogP contribution in [0.2, 0.25) is 0 Å². The molecule has 27 heavy (non-hydrogen) atoms. The highest BCUT2D eigenvalue weighted by atomic mass is 16.5. The molecule has 2 aromatic carbocycles. The van der Waals surface area contributed by atoms with E-state index in [0.29, 0.717) is 5.69 Å². The number of amides is 4. The van der Waals surface area contributed by atoms with Gasteiger partial charge in [-0.2, -0.15) is 0 Å². The van der Waals surface area contributed by atoms with Crippen molar-refractivity contribution in [3.8, 4) is 0 Å². The fraction of sp³-hybridized carbons (Fsp3) is 0.263. The van der Waals surface area contributed by atoms with E-state index in [2.05, 4.69) is 15.4 Å². The molecule has 1 saturated heterocycles. The van der Waals surface area contributed by atoms with Crippen LogP contribution in [0.5, 0.6) is 0 Å². The van der Waals surface area contributed by atoms with Crippen LogP contribution in [0.15, 0.2) is 42.5 Å². The number of anilines is 1. The van der Waals surface area contributed by atoms with E-state index in [1.165, 1.54) is 7.11 Å². The number of methoxy groups -OCH3 is 1. The molecule has 0 radical (unpaired) electrons. The Morgan fingerprint density at radius 1 is 1.15 bits per heavy atom. The number of ether oxygens (including phenoxy) is 1. The third-order valence-corrected chi connectivity index (χ3v) is 4.34. The Hall–Kier alpha value is -3.42. The molecule has 0 saturated carbocycles. The zero-order valence-electron chi connectivity index (χ0n) is 14.7. The molecule has 0 bridgehead atoms. The van der Waals surface area contributed by atoms with E-state index in [4.69, 9.17) is 0 Å². The number of carbonyl (C=O) groups excluding carboxylic acids is 4. The van der Waals surface area contributed by atoms with Crippen molar-refractivity contribution in [2.75, 3.05) is 18.6 Å². The van der Waals surface area contributed by atoms with Crippen molar-refractivity contribution >= 4 is 40.3 Å². The topological polar surface area (TPSA) is 105 Å². The molecule has 0 unspecified atom stereocenters. The average molecular weight is 369 g/mol. The number of fused-ring (bicyclic) bond motifs is 1. The van der Waals surface area contributed by atoms with Gasteiger partial charge in [0.15, 0.2) is 0 Å². The Morgan fingerprint density at radius 2 is 1.89 bits per heavy atom. The minimum absolute atomic E-state index is 0.00292. The summed E-state index contributed by atoms with van der Waals surface area (Å²) < 4.78 is 4.44. The fourth-order valence-corrected chi connectivity index (χ4v) is 2.97. The maximum Gasteiger partial charge on any atom is 0.329 e. The first-order valence-electron chi connectivity index (χ1n) is 8.47. The van der Waals surface area contributed by atoms with Crippen molar-refractivity contribution in [3.63, 3.8) is 0 Å². The molecule has 3 rings (SSSR count). The van der Waals surface area contributed by atoms with Crippen molar-refractivity contribution in [1.82, 2.24) is 10.6 Å². The van der Waals surface area contributed by atoms with Crippen LogP contribution in [0.1, 0.15) is 12.8 Å². The minimum Gasteiger partial charge on any atom is -0.468 e. The third-order valence-electron chi connectivity index (χ3n) is 4.34. The van der Waals surface area contributed by atoms with Gasteiger partial charge in [-0.1, -0.05) is 36.4 Å². The van der Waals surface area contributed by atoms with Crippen LogP contribution in [0.25, 0.3) is 10.8 Å². The third kappa shape index (κ3) is 3.89. The number of imide groups is 1. The zero-order chi connectivity index (χ0) is 19.4. The quantitative estimate of drug-likeness (QED) is 0.590. The summed E-state index contributed by atoms with van der Waals surface area (Å²) in [6, 6.07) is 11.6. The highest BCUT2D eigenvalue weighted by molar-refractivity contribution is 6.24. The Morgan fingerprint density at radius 3 is 2.67 bits per heavy atom. The molecular formula is C19H19N3O5. The van der Waals surface area contributed by atoms with Gasteiger partial charge in [-0.15, -0.1) is 0 Å². The van der Waals surface area contributed by atoms with Crippen LogP contribution >= 0.6 is 0 Å². The van der Waals surface area contributed by atoms with E-state index in [0.717, 1.165) is 15.7 Å². The van der Waals surface area contributed by atoms with E-state index in [-0.39, 0.29) is 19.4 Å². The van der Waals surface area contributed by atoms with Gasteiger partial charge in [-0.25, -0.2) is 9.69 Å². The lowest BCUT2D eigenvalue weighted by Crippen LogP contribution is -2.34. The molecule has 2 N–H and O–H groups in total. The molecular weight excluding hydrogens is 350 g/mol. The molecule has 0 aromatic heterocycles. The number of urea groups is 1. The Bertz CT molecular complexity index is 906. The number of benzene rings is 2. The van der Waals surface area contributed by atoms with Gasteiger partial charge in [0.25, 0.3) is 5.91 Å². The van der Waals surface area contributed by atoms with Gasteiger partial charge in [0.1, 0.15) is 12.6 Å². The van der Waals surface area contributed by atoms with Gasteiger partial charge < -0.3 is 15.4 Å². The monoisotopic (exact) mass is 369 g/mol.